The zero-order valence-corrected chi connectivity index (χ0v) is 19.8. The van der Waals surface area contributed by atoms with Gasteiger partial charge in [-0.05, 0) is 54.5 Å². The maximum atomic E-state index is 12.9. The highest BCUT2D eigenvalue weighted by molar-refractivity contribution is 7.98. The average molecular weight is 469 g/mol. The lowest BCUT2D eigenvalue weighted by Crippen LogP contribution is -2.46. The van der Waals surface area contributed by atoms with E-state index in [1.807, 2.05) is 24.5 Å². The smallest absolute Gasteiger partial charge is 0.329 e. The number of esters is 1. The topological polar surface area (TPSA) is 92.8 Å². The molecule has 7 nitrogen and oxygen atoms in total. The first-order valence-corrected chi connectivity index (χ1v) is 12.3. The zero-order chi connectivity index (χ0) is 24.0. The summed E-state index contributed by atoms with van der Waals surface area (Å²) < 4.78 is 5.26. The molecule has 0 spiro atoms. The molecule has 3 amide bonds. The van der Waals surface area contributed by atoms with Gasteiger partial charge in [0.1, 0.15) is 6.04 Å². The summed E-state index contributed by atoms with van der Waals surface area (Å²) in [6.45, 7) is 3.63. The van der Waals surface area contributed by atoms with E-state index in [9.17, 15) is 19.2 Å². The van der Waals surface area contributed by atoms with E-state index in [1.165, 1.54) is 11.8 Å². The Labute approximate surface area is 197 Å². The Morgan fingerprint density at radius 3 is 2.24 bits per heavy atom. The number of carbonyl (C=O) groups is 4. The number of rotatable bonds is 10. The molecule has 2 aromatic carbocycles. The molecule has 0 saturated carbocycles. The molecule has 0 unspecified atom stereocenters. The molecule has 0 fully saturated rings. The number of nitrogens with zero attached hydrogens (tertiary/aromatic N) is 1. The molecule has 2 aromatic rings. The van der Waals surface area contributed by atoms with E-state index < -0.39 is 36.3 Å². The van der Waals surface area contributed by atoms with Crippen LogP contribution in [0.1, 0.15) is 58.9 Å². The minimum atomic E-state index is -1.09. The summed E-state index contributed by atoms with van der Waals surface area (Å²) in [5, 5.41) is 2.80. The van der Waals surface area contributed by atoms with E-state index in [-0.39, 0.29) is 23.5 Å². The Morgan fingerprint density at radius 1 is 1.03 bits per heavy atom. The van der Waals surface area contributed by atoms with Crippen molar-refractivity contribution in [2.45, 2.75) is 38.6 Å². The van der Waals surface area contributed by atoms with Crippen LogP contribution in [-0.4, -0.2) is 53.2 Å². The monoisotopic (exact) mass is 468 g/mol. The van der Waals surface area contributed by atoms with Crippen LogP contribution in [0, 0.1) is 0 Å². The third-order valence-corrected chi connectivity index (χ3v) is 6.37. The lowest BCUT2D eigenvalue weighted by atomic mass is 9.97. The van der Waals surface area contributed by atoms with Crippen LogP contribution < -0.4 is 5.32 Å². The van der Waals surface area contributed by atoms with Crippen molar-refractivity contribution in [3.8, 4) is 0 Å². The lowest BCUT2D eigenvalue weighted by Gasteiger charge is -2.24. The van der Waals surface area contributed by atoms with Crippen LogP contribution in [0.2, 0.25) is 0 Å². The molecule has 1 heterocycles. The number of ether oxygens (including phenoxy) is 1. The fraction of sp³-hybridized carbons (Fsp3) is 0.360. The van der Waals surface area contributed by atoms with Crippen molar-refractivity contribution < 1.29 is 23.9 Å². The fourth-order valence-corrected chi connectivity index (χ4v) is 4.21. The summed E-state index contributed by atoms with van der Waals surface area (Å²) in [7, 11) is 0. The van der Waals surface area contributed by atoms with E-state index in [1.54, 1.807) is 30.3 Å². The number of amides is 3. The molecule has 1 N–H and O–H groups in total. The van der Waals surface area contributed by atoms with Gasteiger partial charge >= 0.3 is 5.97 Å². The minimum Gasteiger partial charge on any atom is -0.454 e. The predicted octanol–water partition coefficient (Wildman–Crippen LogP) is 4.10. The summed E-state index contributed by atoms with van der Waals surface area (Å²) in [6.07, 6.45) is 3.02. The average Bonchev–Trinajstić information content (AvgIpc) is 3.08. The Kier molecular flexibility index (Phi) is 8.27. The van der Waals surface area contributed by atoms with Crippen molar-refractivity contribution in [1.82, 2.24) is 4.90 Å². The van der Waals surface area contributed by atoms with Gasteiger partial charge in [-0.15, -0.1) is 0 Å². The second-order valence-corrected chi connectivity index (χ2v) is 8.86. The number of imide groups is 1. The van der Waals surface area contributed by atoms with E-state index in [2.05, 4.69) is 19.2 Å². The quantitative estimate of drug-likeness (QED) is 0.417. The van der Waals surface area contributed by atoms with Crippen molar-refractivity contribution in [3.05, 3.63) is 65.2 Å². The fourth-order valence-electron chi connectivity index (χ4n) is 3.75. The Morgan fingerprint density at radius 2 is 1.64 bits per heavy atom. The van der Waals surface area contributed by atoms with Gasteiger partial charge in [0.2, 0.25) is 0 Å². The molecule has 3 rings (SSSR count). The maximum Gasteiger partial charge on any atom is 0.329 e. The first kappa shape index (κ1) is 24.5. The number of benzene rings is 2. The van der Waals surface area contributed by atoms with Crippen LogP contribution in [0.3, 0.4) is 0 Å². The molecule has 8 heteroatoms. The molecule has 0 radical (unpaired) electrons. The highest BCUT2D eigenvalue weighted by atomic mass is 32.2. The van der Waals surface area contributed by atoms with Gasteiger partial charge in [0.05, 0.1) is 11.1 Å². The summed E-state index contributed by atoms with van der Waals surface area (Å²) in [5.41, 5.74) is 2.21. The number of fused-ring (bicyclic) bond motifs is 1. The van der Waals surface area contributed by atoms with Crippen molar-refractivity contribution in [2.75, 3.05) is 23.9 Å². The molecule has 1 aliphatic rings. The number of carbonyl (C=O) groups excluding carboxylic acids is 4. The second-order valence-electron chi connectivity index (χ2n) is 7.88. The van der Waals surface area contributed by atoms with Gasteiger partial charge < -0.3 is 10.1 Å². The summed E-state index contributed by atoms with van der Waals surface area (Å²) in [4.78, 5) is 52.0. The number of thioether (sulfide) groups is 1. The minimum absolute atomic E-state index is 0.240. The predicted molar refractivity (Wildman–Crippen MR) is 128 cm³/mol. The number of hydrogen-bond donors (Lipinski definition) is 1. The number of para-hydroxylation sites is 1. The molecular formula is C25H28N2O5S. The van der Waals surface area contributed by atoms with Crippen LogP contribution in [0.5, 0.6) is 0 Å². The Bertz CT molecular complexity index is 1020. The number of hydrogen-bond acceptors (Lipinski definition) is 6. The Balaban J connectivity index is 1.69. The highest BCUT2D eigenvalue weighted by Crippen LogP contribution is 2.28. The summed E-state index contributed by atoms with van der Waals surface area (Å²) in [6, 6.07) is 12.9. The SMILES string of the molecule is CC[C@@H](C)c1ccccc1NC(=O)COC(=O)[C@@H](CCSC)N1C(=O)c2ccccc2C1=O. The molecule has 0 saturated heterocycles. The number of anilines is 1. The summed E-state index contributed by atoms with van der Waals surface area (Å²) in [5.74, 6) is -1.50. The van der Waals surface area contributed by atoms with E-state index in [0.717, 1.165) is 16.9 Å². The van der Waals surface area contributed by atoms with Crippen molar-refractivity contribution in [2.24, 2.45) is 0 Å². The van der Waals surface area contributed by atoms with E-state index >= 15 is 0 Å². The molecule has 0 bridgehead atoms. The second kappa shape index (κ2) is 11.1. The van der Waals surface area contributed by atoms with Crippen LogP contribution in [-0.2, 0) is 14.3 Å². The molecule has 2 atom stereocenters. The normalized spacial score (nSPS) is 14.6. The van der Waals surface area contributed by atoms with Crippen LogP contribution in [0.4, 0.5) is 5.69 Å². The van der Waals surface area contributed by atoms with Gasteiger partial charge in [0.25, 0.3) is 17.7 Å². The van der Waals surface area contributed by atoms with Gasteiger partial charge in [-0.2, -0.15) is 11.8 Å². The molecule has 33 heavy (non-hydrogen) atoms. The molecule has 1 aliphatic heterocycles. The molecule has 0 aromatic heterocycles. The van der Waals surface area contributed by atoms with E-state index in [0.29, 0.717) is 11.4 Å². The third kappa shape index (κ3) is 5.45. The van der Waals surface area contributed by atoms with E-state index in [4.69, 9.17) is 4.74 Å². The van der Waals surface area contributed by atoms with Gasteiger partial charge in [0, 0.05) is 5.69 Å². The largest absolute Gasteiger partial charge is 0.454 e. The lowest BCUT2D eigenvalue weighted by molar-refractivity contribution is -0.151. The number of nitrogens with one attached hydrogen (secondary N) is 1. The van der Waals surface area contributed by atoms with Crippen LogP contribution >= 0.6 is 11.8 Å². The first-order chi connectivity index (χ1) is 15.9. The van der Waals surface area contributed by atoms with Crippen LogP contribution in [0.15, 0.2) is 48.5 Å². The van der Waals surface area contributed by atoms with Gasteiger partial charge in [-0.3, -0.25) is 19.3 Å². The molecule has 0 aliphatic carbocycles. The third-order valence-electron chi connectivity index (χ3n) is 5.73. The molecular weight excluding hydrogens is 440 g/mol. The Hall–Kier alpha value is -3.13. The highest BCUT2D eigenvalue weighted by Gasteiger charge is 2.43. The van der Waals surface area contributed by atoms with Crippen LogP contribution in [0.25, 0.3) is 0 Å². The van der Waals surface area contributed by atoms with Crippen molar-refractivity contribution in [1.29, 1.82) is 0 Å². The zero-order valence-electron chi connectivity index (χ0n) is 19.0. The molecule has 174 valence electrons. The van der Waals surface area contributed by atoms with Crippen molar-refractivity contribution >= 4 is 41.1 Å². The van der Waals surface area contributed by atoms with Gasteiger partial charge in [-0.1, -0.05) is 44.2 Å². The standard InChI is InChI=1S/C25H28N2O5S/c1-4-16(2)17-9-7-8-12-20(17)26-22(28)15-32-25(31)21(13-14-33-3)27-23(29)18-10-5-6-11-19(18)24(27)30/h5-12,16,21H,4,13-15H2,1-3H3,(H,26,28)/t16-,21-/m1/s1. The van der Waals surface area contributed by atoms with Gasteiger partial charge in [0.15, 0.2) is 6.61 Å². The van der Waals surface area contributed by atoms with Gasteiger partial charge in [-0.25, -0.2) is 4.79 Å². The first-order valence-electron chi connectivity index (χ1n) is 10.9. The van der Waals surface area contributed by atoms with Crippen molar-refractivity contribution in [3.63, 3.8) is 0 Å². The summed E-state index contributed by atoms with van der Waals surface area (Å²) >= 11 is 1.49. The maximum absolute atomic E-state index is 12.9.